The number of sulfonamides is 5. The van der Waals surface area contributed by atoms with Gasteiger partial charge in [0.1, 0.15) is 23.3 Å². The first kappa shape index (κ1) is 121. The van der Waals surface area contributed by atoms with Gasteiger partial charge in [-0.05, 0) is 307 Å². The van der Waals surface area contributed by atoms with Crippen molar-refractivity contribution in [3.8, 4) is 0 Å². The summed E-state index contributed by atoms with van der Waals surface area (Å²) in [6.07, 6.45) is 7.11. The van der Waals surface area contributed by atoms with Crippen molar-refractivity contribution in [1.82, 2.24) is 31.7 Å². The molecule has 12 rings (SSSR count). The van der Waals surface area contributed by atoms with Gasteiger partial charge in [0.05, 0.1) is 30.7 Å². The number of nitrogens with one attached hydrogen (secondary N) is 3. The van der Waals surface area contributed by atoms with Crippen molar-refractivity contribution < 1.29 is 68.1 Å². The summed E-state index contributed by atoms with van der Waals surface area (Å²) in [4.78, 5) is 5.78. The number of likely N-dealkylation sites (tertiary alicyclic amines) is 2. The van der Waals surface area contributed by atoms with Crippen molar-refractivity contribution in [3.05, 3.63) is 277 Å². The molecule has 7 N–H and O–H groups in total. The highest BCUT2D eigenvalue weighted by Crippen LogP contribution is 2.29. The van der Waals surface area contributed by atoms with Crippen molar-refractivity contribution in [2.45, 2.75) is 183 Å². The van der Waals surface area contributed by atoms with Crippen LogP contribution in [-0.4, -0.2) is 188 Å². The number of anilines is 2. The minimum absolute atomic E-state index is 0. The summed E-state index contributed by atoms with van der Waals surface area (Å²) in [5.41, 5.74) is 15.9. The van der Waals surface area contributed by atoms with Gasteiger partial charge in [-0.3, -0.25) is 0 Å². The second-order valence-electron chi connectivity index (χ2n) is 34.9. The van der Waals surface area contributed by atoms with E-state index in [0.29, 0.717) is 80.9 Å². The molecule has 0 aromatic heterocycles. The number of alkyl halides is 1. The van der Waals surface area contributed by atoms with Crippen LogP contribution in [0.4, 0.5) is 28.9 Å². The largest absolute Gasteiger partial charge is 0.382 e. The molecule has 38 heteroatoms. The zero-order valence-corrected chi connectivity index (χ0v) is 90.3. The van der Waals surface area contributed by atoms with E-state index in [4.69, 9.17) is 22.1 Å². The number of hydrogen-bond donors (Lipinski definition) is 5. The average Bonchev–Trinajstić information content (AvgIpc) is 0.807. The van der Waals surface area contributed by atoms with Gasteiger partial charge in [0.15, 0.2) is 0 Å². The lowest BCUT2D eigenvalue weighted by molar-refractivity contribution is 0.256. The summed E-state index contributed by atoms with van der Waals surface area (Å²) in [7, 11) is -11.7. The molecule has 9 aromatic carbocycles. The smallest absolute Gasteiger partial charge is 0.261 e. The Hall–Kier alpha value is -6.15. The summed E-state index contributed by atoms with van der Waals surface area (Å²) in [5.74, 6) is 0.238. The molecular weight excluding hydrogens is 2130 g/mol. The van der Waals surface area contributed by atoms with Crippen LogP contribution in [0.5, 0.6) is 0 Å². The van der Waals surface area contributed by atoms with Crippen LogP contribution >= 0.6 is 74.4 Å². The third-order valence-corrected chi connectivity index (χ3v) is 32.4. The normalized spacial score (nSPS) is 14.5. The summed E-state index contributed by atoms with van der Waals surface area (Å²) >= 11 is 13.0. The second kappa shape index (κ2) is 59.6. The highest BCUT2D eigenvalue weighted by atomic mass is 79.9. The van der Waals surface area contributed by atoms with Gasteiger partial charge in [-0.15, -0.1) is 0 Å². The third kappa shape index (κ3) is 46.0. The fourth-order valence-electron chi connectivity index (χ4n) is 13.0. The number of halogens is 9. The van der Waals surface area contributed by atoms with Crippen molar-refractivity contribution in [2.75, 3.05) is 103 Å². The number of nitrogens with two attached hydrogens (primary N) is 2. The van der Waals surface area contributed by atoms with Crippen molar-refractivity contribution in [3.63, 3.8) is 0 Å². The van der Waals surface area contributed by atoms with E-state index in [9.17, 15) is 68.1 Å². The molecule has 0 atom stereocenters. The molecule has 0 radical (unpaired) electrons. The molecule has 9 aromatic rings. The summed E-state index contributed by atoms with van der Waals surface area (Å²) in [5, 5.41) is 7.67. The SMILES string of the molecule is C.CC(C)CN.CC(C)CN(Cc1ccc(F)cc1)S(=O)(=O)c1ccc(Br)cc1.CC(C)CN(Cc1ccc(F)cc1)S(=O)(=O)c1ccc(NC2CCN(C)CC2)cc1.CC(C)CN(Cc1ccc(F)cc1)S(=O)(=O)c1ccc(NC2CCN(S(C)(=O)=O)CC2)cc1.CC(C)CNS(=O)(=O)c1ccc(Br)cc1.CN1CCC(N)CC1.Fc1ccc(CBr)cc1.O=S(=O)(Cl)c1ccc(Br)cc1. The van der Waals surface area contributed by atoms with Crippen LogP contribution < -0.4 is 26.8 Å². The number of piperidine rings is 3. The maximum atomic E-state index is 13.3. The van der Waals surface area contributed by atoms with Gasteiger partial charge < -0.3 is 31.9 Å². The molecule has 750 valence electrons. The molecule has 0 saturated carbocycles. The van der Waals surface area contributed by atoms with Gasteiger partial charge in [0, 0.05) is 118 Å². The highest BCUT2D eigenvalue weighted by Gasteiger charge is 2.31. The Morgan fingerprint density at radius 3 is 0.896 bits per heavy atom. The zero-order valence-electron chi connectivity index (χ0n) is 78.3. The van der Waals surface area contributed by atoms with E-state index in [1.165, 1.54) is 110 Å². The number of nitrogens with zero attached hydrogens (tertiary/aromatic N) is 6. The lowest BCUT2D eigenvalue weighted by Gasteiger charge is -2.31. The molecule has 0 unspecified atom stereocenters. The average molecular weight is 2270 g/mol. The van der Waals surface area contributed by atoms with E-state index in [1.54, 1.807) is 146 Å². The van der Waals surface area contributed by atoms with E-state index in [0.717, 1.165) is 84.9 Å². The third-order valence-electron chi connectivity index (χ3n) is 20.5. The number of rotatable bonds is 30. The van der Waals surface area contributed by atoms with Gasteiger partial charge in [0.2, 0.25) is 50.1 Å². The van der Waals surface area contributed by atoms with Crippen LogP contribution in [0.15, 0.2) is 256 Å². The maximum absolute atomic E-state index is 13.3. The summed E-state index contributed by atoms with van der Waals surface area (Å²) < 4.78 is 210. The Morgan fingerprint density at radius 1 is 0.385 bits per heavy atom. The van der Waals surface area contributed by atoms with Gasteiger partial charge in [-0.2, -0.15) is 12.9 Å². The predicted octanol–water partition coefficient (Wildman–Crippen LogP) is 20.9. The minimum Gasteiger partial charge on any atom is -0.382 e. The van der Waals surface area contributed by atoms with Gasteiger partial charge >= 0.3 is 0 Å². The Morgan fingerprint density at radius 2 is 0.644 bits per heavy atom. The Labute approximate surface area is 841 Å². The molecule has 0 aliphatic carbocycles. The Balaban J connectivity index is 0.000000343. The molecular formula is C97H136Br4ClF4N11O12S6. The number of hydrogen-bond acceptors (Lipinski definition) is 18. The van der Waals surface area contributed by atoms with Crippen LogP contribution in [0, 0.1) is 52.9 Å². The lowest BCUT2D eigenvalue weighted by Crippen LogP contribution is -2.41. The van der Waals surface area contributed by atoms with E-state index >= 15 is 0 Å². The van der Waals surface area contributed by atoms with Crippen molar-refractivity contribution in [2.24, 2.45) is 41.1 Å². The van der Waals surface area contributed by atoms with Crippen molar-refractivity contribution in [1.29, 1.82) is 0 Å². The number of benzene rings is 9. The van der Waals surface area contributed by atoms with Gasteiger partial charge in [0.25, 0.3) is 9.05 Å². The first-order valence-corrected chi connectivity index (χ1v) is 57.5. The maximum Gasteiger partial charge on any atom is 0.261 e. The van der Waals surface area contributed by atoms with E-state index < -0.39 is 59.2 Å². The second-order valence-corrected chi connectivity index (χ2v) is 50.3. The fraction of sp³-hybridized carbons (Fsp3) is 0.443. The van der Waals surface area contributed by atoms with Crippen LogP contribution in [0.3, 0.4) is 0 Å². The highest BCUT2D eigenvalue weighted by molar-refractivity contribution is 9.11. The van der Waals surface area contributed by atoms with E-state index in [-0.39, 0.29) is 93.7 Å². The molecule has 0 amide bonds. The van der Waals surface area contributed by atoms with Crippen LogP contribution in [0.25, 0.3) is 0 Å². The molecule has 3 aliphatic heterocycles. The Kier molecular flexibility index (Phi) is 53.5. The van der Waals surface area contributed by atoms with E-state index in [2.05, 4.69) is 117 Å². The first-order chi connectivity index (χ1) is 62.8. The molecule has 135 heavy (non-hydrogen) atoms. The van der Waals surface area contributed by atoms with Crippen molar-refractivity contribution >= 4 is 145 Å². The molecule has 0 bridgehead atoms. The lowest BCUT2D eigenvalue weighted by atomic mass is 10.1. The molecule has 3 aliphatic rings. The Bertz CT molecular complexity index is 5650. The minimum atomic E-state index is -3.74. The van der Waals surface area contributed by atoms with E-state index in [1.807, 2.05) is 67.5 Å². The quantitative estimate of drug-likeness (QED) is 0.0159. The molecule has 0 spiro atoms. The van der Waals surface area contributed by atoms with Gasteiger partial charge in [-0.1, -0.05) is 189 Å². The monoisotopic (exact) mass is 2270 g/mol. The molecule has 23 nitrogen and oxygen atoms in total. The topological polar surface area (TPSA) is 312 Å². The predicted molar refractivity (Wildman–Crippen MR) is 556 cm³/mol. The zero-order chi connectivity index (χ0) is 99.9. The van der Waals surface area contributed by atoms with Crippen LogP contribution in [-0.2, 0) is 84.1 Å². The summed E-state index contributed by atoms with van der Waals surface area (Å²) in [6.45, 7) is 28.4. The molecule has 3 heterocycles. The van der Waals surface area contributed by atoms with Gasteiger partial charge in [-0.25, -0.2) is 77.1 Å². The molecule has 3 fully saturated rings. The van der Waals surface area contributed by atoms with Crippen LogP contribution in [0.1, 0.15) is 137 Å². The first-order valence-electron chi connectivity index (χ1n) is 44.0. The summed E-state index contributed by atoms with van der Waals surface area (Å²) in [6, 6.07) is 58.1. The fourth-order valence-corrected chi connectivity index (χ4v) is 21.8. The standard InChI is InChI=1S/C23H32FN3O4S2.C23H32FN3O2S.C17H19BrFNO2S.C10H14BrNO2S.C7H6BrF.C6H4BrClO2S.C6H14N2.C4H11N.CH4/c1-18(2)16-27(17-19-4-6-20(24)7-5-19)33(30,31)23-10-8-21(9-11-23)25-22-12-14-26(15-13-22)32(3,28)29;1-18(2)16-27(17-19-4-6-20(24)7-5-19)30(28,29)23-10-8-21(9-11-23)25-22-12-14-26(3)15-13-22;1-13(2)11-20(12-14-3-7-16(19)8-4-14)23(21,22)17-9-5-15(18)6-10-17;1-8(2)7-12-15(13,14)10-5-3-9(11)4-6-10;8-5-6-1-3-7(9)4-2-6;7-5-1-3-6(4-2-5)11(8,9)10;1-8-4-2-6(7)3-5-8;1-4(2)3-5;/h4-11,18,22,25H,12-17H2,1-3H3;4-11,18,22,25H,12-17H2,1-3H3;3-10,13H,11-12H2,1-2H3;3-6,8,12H,7H2,1-2H3;1-4H,5H2;1-4H;6H,2-5,7H2,1H3;4H,3,5H2,1-2H3;1H4. The van der Waals surface area contributed by atoms with Crippen LogP contribution in [0.2, 0.25) is 0 Å². The molecule has 3 saturated heterocycles.